The number of aromatic nitrogens is 2. The van der Waals surface area contributed by atoms with Gasteiger partial charge >= 0.3 is 5.69 Å². The van der Waals surface area contributed by atoms with Gasteiger partial charge in [-0.25, -0.2) is 4.79 Å². The lowest BCUT2D eigenvalue weighted by atomic mass is 10.2. The van der Waals surface area contributed by atoms with E-state index in [9.17, 15) is 14.4 Å². The lowest BCUT2D eigenvalue weighted by molar-refractivity contribution is -0.119. The van der Waals surface area contributed by atoms with Crippen LogP contribution in [-0.2, 0) is 11.3 Å². The third-order valence-electron chi connectivity index (χ3n) is 5.07. The molecule has 1 aromatic heterocycles. The maximum atomic E-state index is 13.1. The molecule has 8 heteroatoms. The minimum Gasteiger partial charge on any atom is -0.383 e. The van der Waals surface area contributed by atoms with Crippen LogP contribution >= 0.6 is 0 Å². The summed E-state index contributed by atoms with van der Waals surface area (Å²) in [4.78, 5) is 44.0. The summed E-state index contributed by atoms with van der Waals surface area (Å²) in [5, 5.41) is 0. The van der Waals surface area contributed by atoms with E-state index in [1.807, 2.05) is 44.2 Å². The molecule has 1 aliphatic rings. The highest BCUT2D eigenvalue weighted by Crippen LogP contribution is 2.20. The maximum Gasteiger partial charge on any atom is 0.330 e. The standard InChI is InChI=1S/C21H29N5O3/c1-15(2)12-25(17(27)14-24-10-6-7-11-24)18-19(22)26(21(29)23-20(18)28)13-16-8-4-3-5-9-16/h3-5,8-9,15H,6-7,10-14,22H2,1-2H3,(H,23,28,29). The summed E-state index contributed by atoms with van der Waals surface area (Å²) in [6.07, 6.45) is 2.14. The minimum absolute atomic E-state index is 0.0121. The zero-order chi connectivity index (χ0) is 21.0. The summed E-state index contributed by atoms with van der Waals surface area (Å²) in [7, 11) is 0. The van der Waals surface area contributed by atoms with Crippen LogP contribution < -0.4 is 21.9 Å². The van der Waals surface area contributed by atoms with Crippen LogP contribution in [0.5, 0.6) is 0 Å². The molecule has 156 valence electrons. The van der Waals surface area contributed by atoms with Gasteiger partial charge in [-0.3, -0.25) is 24.0 Å². The first kappa shape index (κ1) is 20.9. The number of H-pyrrole nitrogens is 1. The number of carbonyl (C=O) groups excluding carboxylic acids is 1. The molecule has 0 radical (unpaired) electrons. The average molecular weight is 399 g/mol. The van der Waals surface area contributed by atoms with Crippen LogP contribution in [0.1, 0.15) is 32.3 Å². The van der Waals surface area contributed by atoms with Gasteiger partial charge in [-0.05, 0) is 37.4 Å². The van der Waals surface area contributed by atoms with E-state index in [-0.39, 0.29) is 36.4 Å². The number of nitrogens with one attached hydrogen (secondary N) is 1. The van der Waals surface area contributed by atoms with E-state index in [1.54, 1.807) is 0 Å². The lowest BCUT2D eigenvalue weighted by Crippen LogP contribution is -2.46. The van der Waals surface area contributed by atoms with Crippen LogP contribution in [0.3, 0.4) is 0 Å². The molecule has 0 spiro atoms. The van der Waals surface area contributed by atoms with E-state index in [0.717, 1.165) is 31.5 Å². The van der Waals surface area contributed by atoms with Crippen molar-refractivity contribution >= 4 is 17.4 Å². The van der Waals surface area contributed by atoms with Gasteiger partial charge in [-0.1, -0.05) is 44.2 Å². The van der Waals surface area contributed by atoms with E-state index in [0.29, 0.717) is 6.54 Å². The summed E-state index contributed by atoms with van der Waals surface area (Å²) in [6.45, 7) is 6.50. The molecule has 0 atom stereocenters. The number of hydrogen-bond donors (Lipinski definition) is 2. The largest absolute Gasteiger partial charge is 0.383 e. The molecule has 0 unspecified atom stereocenters. The first-order chi connectivity index (χ1) is 13.9. The number of rotatable bonds is 7. The number of likely N-dealkylation sites (tertiary alicyclic amines) is 1. The molecule has 0 saturated carbocycles. The van der Waals surface area contributed by atoms with E-state index in [1.165, 1.54) is 9.47 Å². The van der Waals surface area contributed by atoms with Crippen molar-refractivity contribution in [1.29, 1.82) is 0 Å². The van der Waals surface area contributed by atoms with E-state index in [4.69, 9.17) is 5.73 Å². The lowest BCUT2D eigenvalue weighted by Gasteiger charge is -2.28. The van der Waals surface area contributed by atoms with Crippen molar-refractivity contribution in [2.24, 2.45) is 5.92 Å². The number of benzene rings is 1. The van der Waals surface area contributed by atoms with Crippen molar-refractivity contribution in [3.8, 4) is 0 Å². The fraction of sp³-hybridized carbons (Fsp3) is 0.476. The minimum atomic E-state index is -0.632. The van der Waals surface area contributed by atoms with Crippen LogP contribution in [0.4, 0.5) is 11.5 Å². The normalized spacial score (nSPS) is 14.4. The molecule has 3 N–H and O–H groups in total. The molecule has 1 saturated heterocycles. The predicted octanol–water partition coefficient (Wildman–Crippen LogP) is 1.25. The molecule has 0 bridgehead atoms. The fourth-order valence-electron chi connectivity index (χ4n) is 3.66. The number of nitrogens with two attached hydrogens (primary N) is 1. The Kier molecular flexibility index (Phi) is 6.53. The van der Waals surface area contributed by atoms with Crippen molar-refractivity contribution in [3.05, 3.63) is 56.7 Å². The van der Waals surface area contributed by atoms with E-state index in [2.05, 4.69) is 9.88 Å². The number of hydrogen-bond acceptors (Lipinski definition) is 5. The van der Waals surface area contributed by atoms with Gasteiger partial charge in [0.15, 0.2) is 5.69 Å². The average Bonchev–Trinajstić information content (AvgIpc) is 3.17. The summed E-state index contributed by atoms with van der Waals surface area (Å²) in [6, 6.07) is 9.37. The number of nitrogen functional groups attached to an aromatic ring is 1. The highest BCUT2D eigenvalue weighted by atomic mass is 16.2. The second-order valence-electron chi connectivity index (χ2n) is 7.95. The van der Waals surface area contributed by atoms with Gasteiger partial charge in [0, 0.05) is 6.54 Å². The number of aromatic amines is 1. The topological polar surface area (TPSA) is 104 Å². The molecule has 1 aromatic carbocycles. The van der Waals surface area contributed by atoms with Crippen LogP contribution in [0.2, 0.25) is 0 Å². The summed E-state index contributed by atoms with van der Waals surface area (Å²) in [5.41, 5.74) is 6.00. The number of anilines is 2. The summed E-state index contributed by atoms with van der Waals surface area (Å²) in [5.74, 6) is -0.0356. The van der Waals surface area contributed by atoms with Crippen molar-refractivity contribution in [2.45, 2.75) is 33.2 Å². The van der Waals surface area contributed by atoms with Crippen molar-refractivity contribution < 1.29 is 4.79 Å². The zero-order valence-electron chi connectivity index (χ0n) is 17.1. The highest BCUT2D eigenvalue weighted by molar-refractivity contribution is 5.96. The molecule has 3 rings (SSSR count). The summed E-state index contributed by atoms with van der Waals surface area (Å²) < 4.78 is 1.31. The maximum absolute atomic E-state index is 13.1. The van der Waals surface area contributed by atoms with Crippen LogP contribution in [0, 0.1) is 5.92 Å². The molecule has 2 aromatic rings. The fourth-order valence-corrected chi connectivity index (χ4v) is 3.66. The molecule has 0 aliphatic carbocycles. The molecular weight excluding hydrogens is 370 g/mol. The Morgan fingerprint density at radius 2 is 1.83 bits per heavy atom. The molecular formula is C21H29N5O3. The van der Waals surface area contributed by atoms with Gasteiger partial charge in [0.1, 0.15) is 5.82 Å². The van der Waals surface area contributed by atoms with Crippen LogP contribution in [0.25, 0.3) is 0 Å². The second kappa shape index (κ2) is 9.09. The zero-order valence-corrected chi connectivity index (χ0v) is 17.1. The van der Waals surface area contributed by atoms with E-state index < -0.39 is 11.2 Å². The van der Waals surface area contributed by atoms with Gasteiger partial charge in [-0.2, -0.15) is 0 Å². The molecule has 8 nitrogen and oxygen atoms in total. The Morgan fingerprint density at radius 1 is 1.17 bits per heavy atom. The second-order valence-corrected chi connectivity index (χ2v) is 7.95. The first-order valence-corrected chi connectivity index (χ1v) is 10.1. The van der Waals surface area contributed by atoms with Crippen molar-refractivity contribution in [3.63, 3.8) is 0 Å². The van der Waals surface area contributed by atoms with Gasteiger partial charge < -0.3 is 10.6 Å². The molecule has 2 heterocycles. The monoisotopic (exact) mass is 399 g/mol. The molecule has 29 heavy (non-hydrogen) atoms. The van der Waals surface area contributed by atoms with Gasteiger partial charge in [0.25, 0.3) is 5.56 Å². The Hall–Kier alpha value is -2.87. The Balaban J connectivity index is 2.00. The summed E-state index contributed by atoms with van der Waals surface area (Å²) >= 11 is 0. The third-order valence-corrected chi connectivity index (χ3v) is 5.07. The van der Waals surface area contributed by atoms with Crippen molar-refractivity contribution in [1.82, 2.24) is 14.5 Å². The number of amides is 1. The third kappa shape index (κ3) is 4.95. The van der Waals surface area contributed by atoms with Gasteiger partial charge in [-0.15, -0.1) is 0 Å². The first-order valence-electron chi connectivity index (χ1n) is 10.1. The molecule has 1 fully saturated rings. The smallest absolute Gasteiger partial charge is 0.330 e. The molecule has 1 aliphatic heterocycles. The number of nitrogens with zero attached hydrogens (tertiary/aromatic N) is 3. The molecule has 1 amide bonds. The number of carbonyl (C=O) groups is 1. The van der Waals surface area contributed by atoms with Crippen LogP contribution in [-0.4, -0.2) is 46.5 Å². The van der Waals surface area contributed by atoms with Gasteiger partial charge in [0.2, 0.25) is 5.91 Å². The predicted molar refractivity (Wildman–Crippen MR) is 114 cm³/mol. The van der Waals surface area contributed by atoms with E-state index >= 15 is 0 Å². The Bertz CT molecular complexity index is 959. The van der Waals surface area contributed by atoms with Crippen molar-refractivity contribution in [2.75, 3.05) is 36.8 Å². The quantitative estimate of drug-likeness (QED) is 0.729. The van der Waals surface area contributed by atoms with Crippen LogP contribution in [0.15, 0.2) is 39.9 Å². The van der Waals surface area contributed by atoms with Gasteiger partial charge in [0.05, 0.1) is 13.1 Å². The Morgan fingerprint density at radius 3 is 2.45 bits per heavy atom. The highest BCUT2D eigenvalue weighted by Gasteiger charge is 2.27. The SMILES string of the molecule is CC(C)CN(C(=O)CN1CCCC1)c1c(N)n(Cc2ccccc2)c(=O)[nH]c1=O. The Labute approximate surface area is 169 Å².